The summed E-state index contributed by atoms with van der Waals surface area (Å²) in [6.45, 7) is 3.51. The second-order valence-electron chi connectivity index (χ2n) is 6.43. The van der Waals surface area contributed by atoms with Gasteiger partial charge in [-0.2, -0.15) is 5.10 Å². The number of rotatable bonds is 3. The first-order chi connectivity index (χ1) is 14.3. The van der Waals surface area contributed by atoms with E-state index in [4.69, 9.17) is 11.6 Å². The molecule has 3 aromatic heterocycles. The Labute approximate surface area is 192 Å². The van der Waals surface area contributed by atoms with Crippen LogP contribution < -0.4 is 11.0 Å². The summed E-state index contributed by atoms with van der Waals surface area (Å²) in [5.41, 5.74) is 3.78. The lowest BCUT2D eigenvalue weighted by atomic mass is 10.1. The maximum atomic E-state index is 13.1. The zero-order valence-electron chi connectivity index (χ0n) is 15.7. The second-order valence-corrected chi connectivity index (χ2v) is 8.57. The van der Waals surface area contributed by atoms with Crippen LogP contribution in [0.15, 0.2) is 50.4 Å². The van der Waals surface area contributed by atoms with Crippen LogP contribution in [-0.4, -0.2) is 30.3 Å². The molecule has 1 amide bonds. The van der Waals surface area contributed by atoms with E-state index >= 15 is 0 Å². The summed E-state index contributed by atoms with van der Waals surface area (Å²) in [7, 11) is 0. The van der Waals surface area contributed by atoms with Crippen molar-refractivity contribution in [1.29, 1.82) is 0 Å². The molecule has 11 heteroatoms. The van der Waals surface area contributed by atoms with Crippen LogP contribution in [0.3, 0.4) is 0 Å². The Kier molecular flexibility index (Phi) is 5.48. The molecule has 0 saturated heterocycles. The zero-order chi connectivity index (χ0) is 21.6. The predicted molar refractivity (Wildman–Crippen MR) is 121 cm³/mol. The molecular formula is C19H13Br2ClN6O2. The van der Waals surface area contributed by atoms with E-state index < -0.39 is 11.5 Å². The molecule has 0 bridgehead atoms. The Morgan fingerprint density at radius 2 is 1.97 bits per heavy atom. The summed E-state index contributed by atoms with van der Waals surface area (Å²) in [5, 5.41) is 4.95. The smallest absolute Gasteiger partial charge is 0.267 e. The maximum absolute atomic E-state index is 13.1. The van der Waals surface area contributed by atoms with Crippen LogP contribution in [0, 0.1) is 13.8 Å². The van der Waals surface area contributed by atoms with E-state index in [9.17, 15) is 9.59 Å². The number of nitrogens with zero attached hydrogens (tertiary/aromatic N) is 5. The van der Waals surface area contributed by atoms with Gasteiger partial charge in [-0.05, 0) is 59.6 Å². The molecule has 0 radical (unpaired) electrons. The highest BCUT2D eigenvalue weighted by atomic mass is 79.9. The van der Waals surface area contributed by atoms with Gasteiger partial charge in [-0.25, -0.2) is 19.3 Å². The average molecular weight is 553 g/mol. The molecule has 0 saturated carbocycles. The Balaban J connectivity index is 1.80. The van der Waals surface area contributed by atoms with Crippen molar-refractivity contribution in [2.24, 2.45) is 0 Å². The van der Waals surface area contributed by atoms with Crippen molar-refractivity contribution in [3.05, 3.63) is 78.1 Å². The molecule has 0 spiro atoms. The zero-order valence-corrected chi connectivity index (χ0v) is 19.6. The van der Waals surface area contributed by atoms with Crippen LogP contribution in [0.4, 0.5) is 0 Å². The lowest BCUT2D eigenvalue weighted by molar-refractivity contribution is 0.0998. The highest BCUT2D eigenvalue weighted by Gasteiger charge is 2.20. The fraction of sp³-hybridized carbons (Fsp3) is 0.105. The fourth-order valence-electron chi connectivity index (χ4n) is 3.03. The van der Waals surface area contributed by atoms with Gasteiger partial charge >= 0.3 is 0 Å². The highest BCUT2D eigenvalue weighted by Crippen LogP contribution is 2.22. The van der Waals surface area contributed by atoms with E-state index in [2.05, 4.69) is 52.4 Å². The molecule has 0 atom stereocenters. The lowest BCUT2D eigenvalue weighted by Crippen LogP contribution is -2.36. The van der Waals surface area contributed by atoms with E-state index in [-0.39, 0.29) is 11.5 Å². The fourth-order valence-corrected chi connectivity index (χ4v) is 4.17. The number of amides is 1. The van der Waals surface area contributed by atoms with Gasteiger partial charge in [0.2, 0.25) is 0 Å². The summed E-state index contributed by atoms with van der Waals surface area (Å²) >= 11 is 12.9. The van der Waals surface area contributed by atoms with Gasteiger partial charge in [-0.15, -0.1) is 0 Å². The van der Waals surface area contributed by atoms with Crippen molar-refractivity contribution in [2.75, 3.05) is 5.43 Å². The molecule has 8 nitrogen and oxygen atoms in total. The van der Waals surface area contributed by atoms with E-state index in [1.165, 1.54) is 10.7 Å². The highest BCUT2D eigenvalue weighted by molar-refractivity contribution is 9.10. The molecule has 0 aliphatic heterocycles. The molecule has 152 valence electrons. The second kappa shape index (κ2) is 7.93. The molecule has 3 heterocycles. The lowest BCUT2D eigenvalue weighted by Gasteiger charge is -2.14. The first-order valence-corrected chi connectivity index (χ1v) is 10.6. The van der Waals surface area contributed by atoms with Crippen molar-refractivity contribution >= 4 is 60.3 Å². The number of aromatic nitrogens is 5. The third-order valence-electron chi connectivity index (χ3n) is 4.36. The van der Waals surface area contributed by atoms with Crippen LogP contribution in [0.25, 0.3) is 16.7 Å². The van der Waals surface area contributed by atoms with Crippen LogP contribution in [0.2, 0.25) is 5.02 Å². The number of fused-ring (bicyclic) bond motifs is 1. The summed E-state index contributed by atoms with van der Waals surface area (Å²) in [5.74, 6) is 0.0514. The molecular weight excluding hydrogens is 540 g/mol. The molecule has 1 N–H and O–H groups in total. The first kappa shape index (κ1) is 20.7. The summed E-state index contributed by atoms with van der Waals surface area (Å²) in [4.78, 5) is 34.8. The minimum atomic E-state index is -0.576. The van der Waals surface area contributed by atoms with Gasteiger partial charge in [0.05, 0.1) is 15.9 Å². The van der Waals surface area contributed by atoms with Gasteiger partial charge in [-0.3, -0.25) is 15.0 Å². The third-order valence-corrected chi connectivity index (χ3v) is 5.50. The van der Waals surface area contributed by atoms with E-state index in [0.29, 0.717) is 26.4 Å². The molecule has 1 aromatic carbocycles. The van der Waals surface area contributed by atoms with Crippen molar-refractivity contribution < 1.29 is 4.79 Å². The number of nitrogens with one attached hydrogen (secondary N) is 1. The van der Waals surface area contributed by atoms with E-state index in [0.717, 1.165) is 14.7 Å². The molecule has 0 unspecified atom stereocenters. The first-order valence-electron chi connectivity index (χ1n) is 8.63. The maximum Gasteiger partial charge on any atom is 0.289 e. The number of pyridine rings is 1. The number of halogens is 3. The molecule has 0 fully saturated rings. The standard InChI is InChI=1S/C19H13Br2ClN6O2/c1-9-6-11(20)7-12-16(9)24-10(2)27(19(12)30)26-18(29)14-8-15(21)25-28(14)17-13(22)4-3-5-23-17/h3-8H,1-2H3,(H,26,29). The molecule has 4 aromatic rings. The van der Waals surface area contributed by atoms with Crippen molar-refractivity contribution in [2.45, 2.75) is 13.8 Å². The van der Waals surface area contributed by atoms with E-state index in [1.54, 1.807) is 31.3 Å². The molecule has 4 rings (SSSR count). The van der Waals surface area contributed by atoms with Gasteiger partial charge < -0.3 is 0 Å². The minimum Gasteiger partial charge on any atom is -0.267 e. The van der Waals surface area contributed by atoms with Gasteiger partial charge in [-0.1, -0.05) is 27.5 Å². The SMILES string of the molecule is Cc1cc(Br)cc2c(=O)n(NC(=O)c3cc(Br)nn3-c3ncccc3Cl)c(C)nc12. The van der Waals surface area contributed by atoms with Crippen molar-refractivity contribution in [3.8, 4) is 5.82 Å². The monoisotopic (exact) mass is 550 g/mol. The number of carbonyl (C=O) groups is 1. The Hall–Kier alpha value is -2.56. The van der Waals surface area contributed by atoms with Crippen LogP contribution in [0.5, 0.6) is 0 Å². The quantitative estimate of drug-likeness (QED) is 0.412. The van der Waals surface area contributed by atoms with Crippen LogP contribution in [-0.2, 0) is 0 Å². The number of benzene rings is 1. The van der Waals surface area contributed by atoms with Crippen molar-refractivity contribution in [1.82, 2.24) is 24.4 Å². The number of carbonyl (C=O) groups excluding carboxylic acids is 1. The van der Waals surface area contributed by atoms with Crippen molar-refractivity contribution in [3.63, 3.8) is 0 Å². The van der Waals surface area contributed by atoms with Gasteiger partial charge in [0.1, 0.15) is 16.1 Å². The Morgan fingerprint density at radius 3 is 2.70 bits per heavy atom. The number of hydrogen-bond donors (Lipinski definition) is 1. The molecule has 0 aliphatic carbocycles. The van der Waals surface area contributed by atoms with Crippen LogP contribution >= 0.6 is 43.5 Å². The number of aryl methyl sites for hydroxylation is 2. The minimum absolute atomic E-state index is 0.138. The molecule has 30 heavy (non-hydrogen) atoms. The Bertz CT molecular complexity index is 1380. The third kappa shape index (κ3) is 3.66. The summed E-state index contributed by atoms with van der Waals surface area (Å²) in [6, 6.07) is 8.38. The van der Waals surface area contributed by atoms with Crippen LogP contribution in [0.1, 0.15) is 21.9 Å². The Morgan fingerprint density at radius 1 is 1.20 bits per heavy atom. The summed E-state index contributed by atoms with van der Waals surface area (Å²) in [6.07, 6.45) is 1.54. The average Bonchev–Trinajstić information content (AvgIpc) is 3.08. The van der Waals surface area contributed by atoms with Gasteiger partial charge in [0, 0.05) is 16.7 Å². The summed E-state index contributed by atoms with van der Waals surface area (Å²) < 4.78 is 3.58. The topological polar surface area (TPSA) is 94.7 Å². The number of hydrogen-bond acceptors (Lipinski definition) is 5. The van der Waals surface area contributed by atoms with Gasteiger partial charge in [0.25, 0.3) is 11.5 Å². The normalized spacial score (nSPS) is 11.1. The van der Waals surface area contributed by atoms with E-state index in [1.807, 2.05) is 13.0 Å². The van der Waals surface area contributed by atoms with Gasteiger partial charge in [0.15, 0.2) is 5.82 Å². The largest absolute Gasteiger partial charge is 0.289 e. The predicted octanol–water partition coefficient (Wildman–Crippen LogP) is 4.16. The molecule has 0 aliphatic rings.